The minimum absolute atomic E-state index is 0.0888. The predicted molar refractivity (Wildman–Crippen MR) is 80.5 cm³/mol. The van der Waals surface area contributed by atoms with Crippen molar-refractivity contribution in [3.63, 3.8) is 0 Å². The molecule has 0 aliphatic heterocycles. The van der Waals surface area contributed by atoms with Crippen LogP contribution in [0.3, 0.4) is 0 Å². The van der Waals surface area contributed by atoms with Crippen molar-refractivity contribution in [2.75, 3.05) is 17.7 Å². The van der Waals surface area contributed by atoms with Crippen molar-refractivity contribution < 1.29 is 4.21 Å². The van der Waals surface area contributed by atoms with E-state index in [1.807, 2.05) is 29.7 Å². The van der Waals surface area contributed by atoms with E-state index in [-0.39, 0.29) is 6.04 Å². The van der Waals surface area contributed by atoms with Crippen LogP contribution in [-0.4, -0.2) is 25.8 Å². The molecule has 2 N–H and O–H groups in total. The minimum Gasteiger partial charge on any atom is -0.369 e. The standard InChI is InChI=1S/C11H14IN3OS/c1-7(6-17(2)16)15-10-4-3-8(12)5-9(10)14-11(15)13/h3-5,7H,6H2,1-2H3,(H2,13,14). The van der Waals surface area contributed by atoms with Crippen LogP contribution in [0.5, 0.6) is 0 Å². The van der Waals surface area contributed by atoms with Gasteiger partial charge in [0.25, 0.3) is 0 Å². The van der Waals surface area contributed by atoms with Crippen LogP contribution in [-0.2, 0) is 10.8 Å². The molecule has 0 fully saturated rings. The van der Waals surface area contributed by atoms with Crippen LogP contribution in [0.2, 0.25) is 0 Å². The van der Waals surface area contributed by atoms with Gasteiger partial charge in [-0.2, -0.15) is 0 Å². The Morgan fingerprint density at radius 1 is 1.59 bits per heavy atom. The van der Waals surface area contributed by atoms with Crippen molar-refractivity contribution in [1.82, 2.24) is 9.55 Å². The molecule has 4 nitrogen and oxygen atoms in total. The number of rotatable bonds is 3. The Morgan fingerprint density at radius 2 is 2.29 bits per heavy atom. The summed E-state index contributed by atoms with van der Waals surface area (Å²) in [5.41, 5.74) is 7.82. The Bertz CT molecular complexity index is 581. The first-order valence-corrected chi connectivity index (χ1v) is 8.02. The third-order valence-electron chi connectivity index (χ3n) is 2.60. The molecule has 0 aliphatic carbocycles. The van der Waals surface area contributed by atoms with Crippen molar-refractivity contribution in [2.24, 2.45) is 0 Å². The molecule has 17 heavy (non-hydrogen) atoms. The minimum atomic E-state index is -0.842. The highest BCUT2D eigenvalue weighted by atomic mass is 127. The maximum Gasteiger partial charge on any atom is 0.201 e. The van der Waals surface area contributed by atoms with E-state index in [2.05, 4.69) is 27.6 Å². The number of nitrogens with zero attached hydrogens (tertiary/aromatic N) is 2. The van der Waals surface area contributed by atoms with Crippen LogP contribution < -0.4 is 5.73 Å². The maximum absolute atomic E-state index is 11.3. The summed E-state index contributed by atoms with van der Waals surface area (Å²) in [6.45, 7) is 2.01. The molecule has 0 saturated carbocycles. The van der Waals surface area contributed by atoms with Gasteiger partial charge in [-0.25, -0.2) is 4.98 Å². The quantitative estimate of drug-likeness (QED) is 0.851. The fourth-order valence-corrected chi connectivity index (χ4v) is 3.27. The van der Waals surface area contributed by atoms with Crippen LogP contribution in [0.1, 0.15) is 13.0 Å². The highest BCUT2D eigenvalue weighted by molar-refractivity contribution is 14.1. The smallest absolute Gasteiger partial charge is 0.201 e. The number of imidazole rings is 1. The number of hydrogen-bond acceptors (Lipinski definition) is 3. The number of nitrogen functional groups attached to an aromatic ring is 1. The van der Waals surface area contributed by atoms with Crippen molar-refractivity contribution in [3.8, 4) is 0 Å². The fraction of sp³-hybridized carbons (Fsp3) is 0.364. The molecule has 1 heterocycles. The molecule has 1 aromatic heterocycles. The third-order valence-corrected chi connectivity index (χ3v) is 4.22. The predicted octanol–water partition coefficient (Wildman–Crippen LogP) is 2.16. The normalized spacial score (nSPS) is 15.0. The van der Waals surface area contributed by atoms with Gasteiger partial charge in [0.05, 0.1) is 11.0 Å². The number of nitrogens with two attached hydrogens (primary N) is 1. The van der Waals surface area contributed by atoms with Crippen molar-refractivity contribution in [2.45, 2.75) is 13.0 Å². The van der Waals surface area contributed by atoms with E-state index in [0.29, 0.717) is 11.7 Å². The van der Waals surface area contributed by atoms with Gasteiger partial charge in [0, 0.05) is 32.4 Å². The maximum atomic E-state index is 11.3. The first-order valence-electron chi connectivity index (χ1n) is 5.22. The summed E-state index contributed by atoms with van der Waals surface area (Å²) in [5.74, 6) is 1.07. The van der Waals surface area contributed by atoms with E-state index in [9.17, 15) is 4.21 Å². The molecule has 6 heteroatoms. The topological polar surface area (TPSA) is 60.9 Å². The molecule has 1 aromatic carbocycles. The molecule has 92 valence electrons. The summed E-state index contributed by atoms with van der Waals surface area (Å²) < 4.78 is 14.4. The zero-order valence-electron chi connectivity index (χ0n) is 9.68. The van der Waals surface area contributed by atoms with Gasteiger partial charge in [-0.05, 0) is 47.7 Å². The van der Waals surface area contributed by atoms with E-state index in [1.54, 1.807) is 6.26 Å². The SMILES string of the molecule is CC(CS(C)=O)n1c(N)nc2cc(I)ccc21. The van der Waals surface area contributed by atoms with E-state index >= 15 is 0 Å². The summed E-state index contributed by atoms with van der Waals surface area (Å²) in [5, 5.41) is 0. The van der Waals surface area contributed by atoms with E-state index in [4.69, 9.17) is 5.73 Å². The first kappa shape index (κ1) is 12.8. The largest absolute Gasteiger partial charge is 0.369 e. The van der Waals surface area contributed by atoms with Crippen molar-refractivity contribution in [3.05, 3.63) is 21.8 Å². The molecule has 2 unspecified atom stereocenters. The summed E-state index contributed by atoms with van der Waals surface area (Å²) in [7, 11) is -0.842. The second-order valence-electron chi connectivity index (χ2n) is 4.06. The van der Waals surface area contributed by atoms with Gasteiger partial charge in [-0.3, -0.25) is 4.21 Å². The molecule has 2 atom stereocenters. The van der Waals surface area contributed by atoms with E-state index in [1.165, 1.54) is 0 Å². The van der Waals surface area contributed by atoms with Crippen molar-refractivity contribution in [1.29, 1.82) is 0 Å². The molecular formula is C11H14IN3OS. The molecule has 2 aromatic rings. The molecule has 0 aliphatic rings. The number of fused-ring (bicyclic) bond motifs is 1. The zero-order valence-corrected chi connectivity index (χ0v) is 12.7. The number of benzene rings is 1. The molecule has 0 amide bonds. The van der Waals surface area contributed by atoms with Gasteiger partial charge >= 0.3 is 0 Å². The van der Waals surface area contributed by atoms with Crippen LogP contribution in [0.15, 0.2) is 18.2 Å². The summed E-state index contributed by atoms with van der Waals surface area (Å²) in [6.07, 6.45) is 1.70. The Kier molecular flexibility index (Phi) is 3.72. The Labute approximate surface area is 116 Å². The third kappa shape index (κ3) is 2.62. The lowest BCUT2D eigenvalue weighted by molar-refractivity contribution is 0.619. The molecule has 0 saturated heterocycles. The van der Waals surface area contributed by atoms with Crippen LogP contribution >= 0.6 is 22.6 Å². The molecular weight excluding hydrogens is 349 g/mol. The molecule has 2 rings (SSSR count). The first-order chi connectivity index (χ1) is 7.99. The summed E-state index contributed by atoms with van der Waals surface area (Å²) in [4.78, 5) is 4.34. The van der Waals surface area contributed by atoms with E-state index in [0.717, 1.165) is 14.6 Å². The van der Waals surface area contributed by atoms with Crippen LogP contribution in [0, 0.1) is 3.57 Å². The van der Waals surface area contributed by atoms with Crippen LogP contribution in [0.4, 0.5) is 5.95 Å². The summed E-state index contributed by atoms with van der Waals surface area (Å²) >= 11 is 2.25. The zero-order chi connectivity index (χ0) is 12.6. The van der Waals surface area contributed by atoms with Crippen LogP contribution in [0.25, 0.3) is 11.0 Å². The molecule has 0 radical (unpaired) electrons. The van der Waals surface area contributed by atoms with Gasteiger partial charge in [-0.15, -0.1) is 0 Å². The van der Waals surface area contributed by atoms with E-state index < -0.39 is 10.8 Å². The highest BCUT2D eigenvalue weighted by Crippen LogP contribution is 2.24. The van der Waals surface area contributed by atoms with Gasteiger partial charge in [0.2, 0.25) is 5.95 Å². The highest BCUT2D eigenvalue weighted by Gasteiger charge is 2.15. The number of hydrogen-bond donors (Lipinski definition) is 1. The van der Waals surface area contributed by atoms with Gasteiger partial charge < -0.3 is 10.3 Å². The second kappa shape index (κ2) is 4.93. The Morgan fingerprint density at radius 3 is 2.94 bits per heavy atom. The molecule has 0 bridgehead atoms. The van der Waals surface area contributed by atoms with Gasteiger partial charge in [-0.1, -0.05) is 0 Å². The number of halogens is 1. The fourth-order valence-electron chi connectivity index (χ4n) is 1.97. The number of aromatic nitrogens is 2. The summed E-state index contributed by atoms with van der Waals surface area (Å²) in [6, 6.07) is 6.12. The molecule has 0 spiro atoms. The Hall–Kier alpha value is -0.630. The average molecular weight is 363 g/mol. The van der Waals surface area contributed by atoms with Crippen molar-refractivity contribution >= 4 is 50.4 Å². The average Bonchev–Trinajstić information content (AvgIpc) is 2.51. The second-order valence-corrected chi connectivity index (χ2v) is 6.79. The Balaban J connectivity index is 2.53. The lowest BCUT2D eigenvalue weighted by Crippen LogP contribution is -2.14. The lowest BCUT2D eigenvalue weighted by atomic mass is 10.3. The monoisotopic (exact) mass is 363 g/mol. The number of anilines is 1. The van der Waals surface area contributed by atoms with Gasteiger partial charge in [0.1, 0.15) is 0 Å². The lowest BCUT2D eigenvalue weighted by Gasteiger charge is -2.14. The van der Waals surface area contributed by atoms with Gasteiger partial charge in [0.15, 0.2) is 0 Å².